The maximum atomic E-state index is 11.2. The minimum Gasteiger partial charge on any atom is -0.368 e. The van der Waals surface area contributed by atoms with E-state index < -0.39 is 0 Å². The standard InChI is InChI=1S/C11H14N2O2/c1-9(14)13-6-7-15-11(8-13)10-4-2-3-5-12-10/h2-5,11H,6-8H2,1H3. The Morgan fingerprint density at radius 1 is 1.60 bits per heavy atom. The zero-order valence-corrected chi connectivity index (χ0v) is 8.72. The van der Waals surface area contributed by atoms with Gasteiger partial charge in [0, 0.05) is 19.7 Å². The summed E-state index contributed by atoms with van der Waals surface area (Å²) >= 11 is 0. The molecule has 1 fully saturated rings. The van der Waals surface area contributed by atoms with Crippen molar-refractivity contribution in [3.63, 3.8) is 0 Å². The number of hydrogen-bond donors (Lipinski definition) is 0. The summed E-state index contributed by atoms with van der Waals surface area (Å²) in [6.45, 7) is 3.45. The number of rotatable bonds is 1. The minimum atomic E-state index is -0.0798. The van der Waals surface area contributed by atoms with Crippen LogP contribution in [0.2, 0.25) is 0 Å². The Bertz CT molecular complexity index is 340. The van der Waals surface area contributed by atoms with Crippen molar-refractivity contribution >= 4 is 5.91 Å². The molecule has 0 aliphatic carbocycles. The van der Waals surface area contributed by atoms with Crippen molar-refractivity contribution in [2.45, 2.75) is 13.0 Å². The van der Waals surface area contributed by atoms with Crippen molar-refractivity contribution in [2.75, 3.05) is 19.7 Å². The summed E-state index contributed by atoms with van der Waals surface area (Å²) in [5.74, 6) is 0.0965. The number of nitrogens with zero attached hydrogens (tertiary/aromatic N) is 2. The first-order valence-corrected chi connectivity index (χ1v) is 5.05. The van der Waals surface area contributed by atoms with Gasteiger partial charge >= 0.3 is 0 Å². The SMILES string of the molecule is CC(=O)N1CCOC(c2ccccn2)C1. The summed E-state index contributed by atoms with van der Waals surface area (Å²) in [6.07, 6.45) is 1.66. The van der Waals surface area contributed by atoms with E-state index in [1.165, 1.54) is 0 Å². The molecule has 1 unspecified atom stereocenters. The lowest BCUT2D eigenvalue weighted by Gasteiger charge is -2.31. The Morgan fingerprint density at radius 2 is 2.47 bits per heavy atom. The Morgan fingerprint density at radius 3 is 3.13 bits per heavy atom. The highest BCUT2D eigenvalue weighted by Crippen LogP contribution is 2.19. The molecule has 15 heavy (non-hydrogen) atoms. The van der Waals surface area contributed by atoms with Gasteiger partial charge in [-0.15, -0.1) is 0 Å². The van der Waals surface area contributed by atoms with Gasteiger partial charge in [0.2, 0.25) is 5.91 Å². The van der Waals surface area contributed by atoms with Crippen LogP contribution >= 0.6 is 0 Å². The van der Waals surface area contributed by atoms with Crippen LogP contribution in [0.1, 0.15) is 18.7 Å². The Kier molecular flexibility index (Phi) is 2.97. The molecule has 0 bridgehead atoms. The van der Waals surface area contributed by atoms with Crippen LogP contribution in [0.15, 0.2) is 24.4 Å². The fraction of sp³-hybridized carbons (Fsp3) is 0.455. The number of amides is 1. The van der Waals surface area contributed by atoms with E-state index >= 15 is 0 Å². The minimum absolute atomic E-state index is 0.0798. The van der Waals surface area contributed by atoms with Gasteiger partial charge in [-0.25, -0.2) is 0 Å². The number of aromatic nitrogens is 1. The lowest BCUT2D eigenvalue weighted by atomic mass is 10.2. The molecule has 0 spiro atoms. The van der Waals surface area contributed by atoms with Gasteiger partial charge in [-0.3, -0.25) is 9.78 Å². The molecular formula is C11H14N2O2. The topological polar surface area (TPSA) is 42.4 Å². The van der Waals surface area contributed by atoms with E-state index in [2.05, 4.69) is 4.98 Å². The van der Waals surface area contributed by atoms with Crippen LogP contribution in [0.4, 0.5) is 0 Å². The summed E-state index contributed by atoms with van der Waals surface area (Å²) in [4.78, 5) is 17.3. The average Bonchev–Trinajstić information content (AvgIpc) is 2.30. The van der Waals surface area contributed by atoms with Gasteiger partial charge < -0.3 is 9.64 Å². The molecule has 0 saturated carbocycles. The smallest absolute Gasteiger partial charge is 0.219 e. The second-order valence-corrected chi connectivity index (χ2v) is 3.58. The maximum Gasteiger partial charge on any atom is 0.219 e. The molecule has 1 aliphatic heterocycles. The van der Waals surface area contributed by atoms with Crippen molar-refractivity contribution in [1.82, 2.24) is 9.88 Å². The molecule has 4 heteroatoms. The van der Waals surface area contributed by atoms with Crippen LogP contribution in [0.25, 0.3) is 0 Å². The molecule has 0 aromatic carbocycles. The van der Waals surface area contributed by atoms with Gasteiger partial charge in [0.15, 0.2) is 0 Å². The zero-order chi connectivity index (χ0) is 10.7. The molecule has 0 radical (unpaired) electrons. The third kappa shape index (κ3) is 2.33. The summed E-state index contributed by atoms with van der Waals surface area (Å²) in [6, 6.07) is 5.72. The van der Waals surface area contributed by atoms with E-state index in [0.29, 0.717) is 19.7 Å². The molecule has 4 nitrogen and oxygen atoms in total. The fourth-order valence-corrected chi connectivity index (χ4v) is 1.68. The van der Waals surface area contributed by atoms with E-state index in [-0.39, 0.29) is 12.0 Å². The van der Waals surface area contributed by atoms with Crippen molar-refractivity contribution in [2.24, 2.45) is 0 Å². The first kappa shape index (κ1) is 10.1. The molecule has 2 heterocycles. The quantitative estimate of drug-likeness (QED) is 0.688. The molecule has 1 amide bonds. The maximum absolute atomic E-state index is 11.2. The number of morpholine rings is 1. The largest absolute Gasteiger partial charge is 0.368 e. The van der Waals surface area contributed by atoms with Crippen LogP contribution in [-0.2, 0) is 9.53 Å². The second kappa shape index (κ2) is 4.40. The normalized spacial score (nSPS) is 21.4. The van der Waals surface area contributed by atoms with Crippen LogP contribution in [-0.4, -0.2) is 35.5 Å². The van der Waals surface area contributed by atoms with E-state index in [0.717, 1.165) is 5.69 Å². The molecule has 80 valence electrons. The first-order valence-electron chi connectivity index (χ1n) is 5.05. The van der Waals surface area contributed by atoms with Crippen LogP contribution < -0.4 is 0 Å². The summed E-state index contributed by atoms with van der Waals surface area (Å²) in [7, 11) is 0. The van der Waals surface area contributed by atoms with E-state index in [9.17, 15) is 4.79 Å². The van der Waals surface area contributed by atoms with Gasteiger partial charge in [-0.05, 0) is 12.1 Å². The zero-order valence-electron chi connectivity index (χ0n) is 8.72. The van der Waals surface area contributed by atoms with Crippen molar-refractivity contribution in [3.05, 3.63) is 30.1 Å². The number of carbonyl (C=O) groups excluding carboxylic acids is 1. The van der Waals surface area contributed by atoms with Crippen LogP contribution in [0.3, 0.4) is 0 Å². The van der Waals surface area contributed by atoms with Crippen LogP contribution in [0, 0.1) is 0 Å². The third-order valence-corrected chi connectivity index (χ3v) is 2.53. The lowest BCUT2D eigenvalue weighted by Crippen LogP contribution is -2.41. The first-order chi connectivity index (χ1) is 7.27. The average molecular weight is 206 g/mol. The van der Waals surface area contributed by atoms with Crippen molar-refractivity contribution < 1.29 is 9.53 Å². The number of hydrogen-bond acceptors (Lipinski definition) is 3. The van der Waals surface area contributed by atoms with Gasteiger partial charge in [-0.1, -0.05) is 6.07 Å². The molecule has 2 rings (SSSR count). The predicted molar refractivity (Wildman–Crippen MR) is 55.2 cm³/mol. The molecule has 1 aromatic heterocycles. The van der Waals surface area contributed by atoms with E-state index in [1.54, 1.807) is 18.0 Å². The Labute approximate surface area is 88.9 Å². The van der Waals surface area contributed by atoms with Gasteiger partial charge in [0.25, 0.3) is 0 Å². The molecule has 1 atom stereocenters. The summed E-state index contributed by atoms with van der Waals surface area (Å²) in [5, 5.41) is 0. The van der Waals surface area contributed by atoms with Gasteiger partial charge in [-0.2, -0.15) is 0 Å². The second-order valence-electron chi connectivity index (χ2n) is 3.58. The van der Waals surface area contributed by atoms with Gasteiger partial charge in [0.05, 0.1) is 18.8 Å². The fourth-order valence-electron chi connectivity index (χ4n) is 1.68. The highest BCUT2D eigenvalue weighted by atomic mass is 16.5. The Hall–Kier alpha value is -1.42. The monoisotopic (exact) mass is 206 g/mol. The lowest BCUT2D eigenvalue weighted by molar-refractivity contribution is -0.136. The van der Waals surface area contributed by atoms with Crippen molar-refractivity contribution in [3.8, 4) is 0 Å². The van der Waals surface area contributed by atoms with Crippen LogP contribution in [0.5, 0.6) is 0 Å². The van der Waals surface area contributed by atoms with Crippen molar-refractivity contribution in [1.29, 1.82) is 0 Å². The molecule has 1 aromatic rings. The highest BCUT2D eigenvalue weighted by Gasteiger charge is 2.23. The molecule has 0 N–H and O–H groups in total. The van der Waals surface area contributed by atoms with E-state index in [1.807, 2.05) is 18.2 Å². The number of ether oxygens (including phenoxy) is 1. The third-order valence-electron chi connectivity index (χ3n) is 2.53. The molecular weight excluding hydrogens is 192 g/mol. The molecule has 1 saturated heterocycles. The Balaban J connectivity index is 2.08. The van der Waals surface area contributed by atoms with Gasteiger partial charge in [0.1, 0.15) is 6.10 Å². The summed E-state index contributed by atoms with van der Waals surface area (Å²) in [5.41, 5.74) is 0.892. The highest BCUT2D eigenvalue weighted by molar-refractivity contribution is 5.73. The number of carbonyl (C=O) groups is 1. The molecule has 1 aliphatic rings. The van der Waals surface area contributed by atoms with E-state index in [4.69, 9.17) is 4.74 Å². The predicted octanol–water partition coefficient (Wildman–Crippen LogP) is 1.00. The summed E-state index contributed by atoms with van der Waals surface area (Å²) < 4.78 is 5.59. The number of pyridine rings is 1.